The zero-order valence-electron chi connectivity index (χ0n) is 14.7. The molecule has 0 bridgehead atoms. The Morgan fingerprint density at radius 3 is 2.44 bits per heavy atom. The molecule has 0 N–H and O–H groups in total. The van der Waals surface area contributed by atoms with Gasteiger partial charge in [0.15, 0.2) is 0 Å². The number of nitrogens with zero attached hydrogens (tertiary/aromatic N) is 3. The monoisotopic (exact) mass is 365 g/mol. The van der Waals surface area contributed by atoms with Crippen molar-refractivity contribution in [1.29, 1.82) is 0 Å². The van der Waals surface area contributed by atoms with E-state index in [2.05, 4.69) is 0 Å². The van der Waals surface area contributed by atoms with Crippen LogP contribution in [0.3, 0.4) is 0 Å². The lowest BCUT2D eigenvalue weighted by atomic mass is 10.2. The van der Waals surface area contributed by atoms with Gasteiger partial charge < -0.3 is 9.80 Å². The maximum Gasteiger partial charge on any atom is 0.248 e. The van der Waals surface area contributed by atoms with Crippen molar-refractivity contribution in [2.45, 2.75) is 33.1 Å². The first-order valence-corrected chi connectivity index (χ1v) is 8.95. The smallest absolute Gasteiger partial charge is 0.248 e. The number of carbonyl (C=O) groups excluding carboxylic acids is 3. The minimum Gasteiger partial charge on any atom is -0.333 e. The summed E-state index contributed by atoms with van der Waals surface area (Å²) >= 11 is 5.87. The molecule has 1 heterocycles. The van der Waals surface area contributed by atoms with E-state index >= 15 is 0 Å². The summed E-state index contributed by atoms with van der Waals surface area (Å²) in [4.78, 5) is 41.5. The molecule has 0 atom stereocenters. The molecule has 0 saturated carbocycles. The fraction of sp³-hybridized carbons (Fsp3) is 0.500. The molecule has 1 aromatic rings. The third-order valence-electron chi connectivity index (χ3n) is 4.07. The molecule has 6 nitrogen and oxygen atoms in total. The molecule has 0 unspecified atom stereocenters. The van der Waals surface area contributed by atoms with Crippen LogP contribution >= 0.6 is 11.6 Å². The van der Waals surface area contributed by atoms with E-state index in [1.54, 1.807) is 34.1 Å². The molecule has 7 heteroatoms. The van der Waals surface area contributed by atoms with Gasteiger partial charge in [-0.2, -0.15) is 0 Å². The highest BCUT2D eigenvalue weighted by Crippen LogP contribution is 2.21. The molecule has 0 radical (unpaired) electrons. The highest BCUT2D eigenvalue weighted by atomic mass is 35.5. The summed E-state index contributed by atoms with van der Waals surface area (Å²) < 4.78 is 0. The zero-order chi connectivity index (χ0) is 18.4. The molecule has 3 amide bonds. The van der Waals surface area contributed by atoms with Crippen LogP contribution in [0.4, 0.5) is 5.69 Å². The quantitative estimate of drug-likeness (QED) is 0.746. The molecule has 1 aliphatic heterocycles. The first-order chi connectivity index (χ1) is 12.0. The summed E-state index contributed by atoms with van der Waals surface area (Å²) in [5, 5.41) is 0.591. The van der Waals surface area contributed by atoms with Crippen molar-refractivity contribution in [3.8, 4) is 0 Å². The van der Waals surface area contributed by atoms with Crippen LogP contribution in [0.15, 0.2) is 24.3 Å². The van der Waals surface area contributed by atoms with Crippen LogP contribution in [0.25, 0.3) is 0 Å². The normalized spacial score (nSPS) is 14.1. The van der Waals surface area contributed by atoms with Gasteiger partial charge in [-0.3, -0.25) is 19.3 Å². The van der Waals surface area contributed by atoms with Crippen molar-refractivity contribution in [2.75, 3.05) is 31.2 Å². The Bertz CT molecular complexity index is 633. The SMILES string of the molecule is CCCC(=O)N(CCC)CC(=O)N1CC(=O)N(c2ccc(Cl)cc2)C1. The number of amides is 3. The first-order valence-electron chi connectivity index (χ1n) is 8.57. The van der Waals surface area contributed by atoms with E-state index in [1.807, 2.05) is 13.8 Å². The van der Waals surface area contributed by atoms with Crippen LogP contribution in [0.2, 0.25) is 5.02 Å². The topological polar surface area (TPSA) is 60.9 Å². The van der Waals surface area contributed by atoms with Crippen LogP contribution in [0.1, 0.15) is 33.1 Å². The van der Waals surface area contributed by atoms with Gasteiger partial charge >= 0.3 is 0 Å². The van der Waals surface area contributed by atoms with E-state index in [1.165, 1.54) is 4.90 Å². The van der Waals surface area contributed by atoms with E-state index in [0.29, 0.717) is 23.7 Å². The Morgan fingerprint density at radius 2 is 1.84 bits per heavy atom. The number of rotatable bonds is 7. The summed E-state index contributed by atoms with van der Waals surface area (Å²) in [6, 6.07) is 6.92. The number of anilines is 1. The Balaban J connectivity index is 2.01. The number of carbonyl (C=O) groups is 3. The molecule has 1 fully saturated rings. The predicted octanol–water partition coefficient (Wildman–Crippen LogP) is 2.51. The van der Waals surface area contributed by atoms with Gasteiger partial charge in [-0.05, 0) is 37.1 Å². The molecule has 2 rings (SSSR count). The van der Waals surface area contributed by atoms with Crippen LogP contribution in [0.5, 0.6) is 0 Å². The molecule has 0 aliphatic carbocycles. The molecule has 1 saturated heterocycles. The Kier molecular flexibility index (Phi) is 6.82. The van der Waals surface area contributed by atoms with E-state index in [9.17, 15) is 14.4 Å². The van der Waals surface area contributed by atoms with Gasteiger partial charge in [0, 0.05) is 23.7 Å². The lowest BCUT2D eigenvalue weighted by Crippen LogP contribution is -2.43. The number of hydrogen-bond acceptors (Lipinski definition) is 3. The average Bonchev–Trinajstić information content (AvgIpc) is 2.97. The fourth-order valence-corrected chi connectivity index (χ4v) is 2.89. The van der Waals surface area contributed by atoms with Gasteiger partial charge in [-0.15, -0.1) is 0 Å². The summed E-state index contributed by atoms with van der Waals surface area (Å²) in [6.07, 6.45) is 1.97. The Labute approximate surface area is 153 Å². The lowest BCUT2D eigenvalue weighted by molar-refractivity contribution is -0.140. The number of halogens is 1. The minimum atomic E-state index is -0.206. The van der Waals surface area contributed by atoms with Crippen molar-refractivity contribution in [2.24, 2.45) is 0 Å². The summed E-state index contributed by atoms with van der Waals surface area (Å²) in [5.74, 6) is -0.363. The van der Waals surface area contributed by atoms with E-state index in [4.69, 9.17) is 11.6 Å². The summed E-state index contributed by atoms with van der Waals surface area (Å²) in [7, 11) is 0. The Hall–Kier alpha value is -2.08. The van der Waals surface area contributed by atoms with Gasteiger partial charge in [0.2, 0.25) is 17.7 Å². The average molecular weight is 366 g/mol. The molecular weight excluding hydrogens is 342 g/mol. The second-order valence-corrected chi connectivity index (χ2v) is 6.53. The minimum absolute atomic E-state index is 0.0159. The van der Waals surface area contributed by atoms with Crippen molar-refractivity contribution in [1.82, 2.24) is 9.80 Å². The van der Waals surface area contributed by atoms with E-state index in [-0.39, 0.29) is 37.5 Å². The van der Waals surface area contributed by atoms with Crippen molar-refractivity contribution in [3.05, 3.63) is 29.3 Å². The number of hydrogen-bond donors (Lipinski definition) is 0. The Morgan fingerprint density at radius 1 is 1.16 bits per heavy atom. The molecule has 136 valence electrons. The maximum atomic E-state index is 12.5. The van der Waals surface area contributed by atoms with Gasteiger partial charge in [-0.1, -0.05) is 25.4 Å². The lowest BCUT2D eigenvalue weighted by Gasteiger charge is -2.24. The molecule has 25 heavy (non-hydrogen) atoms. The van der Waals surface area contributed by atoms with E-state index < -0.39 is 0 Å². The van der Waals surface area contributed by atoms with Gasteiger partial charge in [0.25, 0.3) is 0 Å². The van der Waals surface area contributed by atoms with Crippen LogP contribution in [-0.4, -0.2) is 53.8 Å². The molecule has 1 aromatic carbocycles. The third-order valence-corrected chi connectivity index (χ3v) is 4.32. The van der Waals surface area contributed by atoms with Crippen molar-refractivity contribution >= 4 is 35.0 Å². The standard InChI is InChI=1S/C18H24ClN3O3/c1-3-5-16(23)20(10-4-2)11-17(24)21-12-18(25)22(13-21)15-8-6-14(19)7-9-15/h6-9H,3-5,10-13H2,1-2H3. The molecule has 1 aliphatic rings. The van der Waals surface area contributed by atoms with Gasteiger partial charge in [0.1, 0.15) is 13.2 Å². The highest BCUT2D eigenvalue weighted by Gasteiger charge is 2.32. The molecule has 0 spiro atoms. The fourth-order valence-electron chi connectivity index (χ4n) is 2.76. The van der Waals surface area contributed by atoms with Gasteiger partial charge in [0.05, 0.1) is 6.54 Å². The third kappa shape index (κ3) is 4.95. The second kappa shape index (κ2) is 8.85. The van der Waals surface area contributed by atoms with Crippen LogP contribution in [0, 0.1) is 0 Å². The summed E-state index contributed by atoms with van der Waals surface area (Å²) in [5.41, 5.74) is 0.706. The van der Waals surface area contributed by atoms with Crippen LogP contribution in [-0.2, 0) is 14.4 Å². The molecule has 0 aromatic heterocycles. The van der Waals surface area contributed by atoms with Gasteiger partial charge in [-0.25, -0.2) is 0 Å². The zero-order valence-corrected chi connectivity index (χ0v) is 15.5. The molecular formula is C18H24ClN3O3. The largest absolute Gasteiger partial charge is 0.333 e. The number of benzene rings is 1. The first kappa shape index (κ1) is 19.2. The maximum absolute atomic E-state index is 12.5. The van der Waals surface area contributed by atoms with Crippen LogP contribution < -0.4 is 4.90 Å². The second-order valence-electron chi connectivity index (χ2n) is 6.10. The predicted molar refractivity (Wildman–Crippen MR) is 97.3 cm³/mol. The van der Waals surface area contributed by atoms with E-state index in [0.717, 1.165) is 12.8 Å². The highest BCUT2D eigenvalue weighted by molar-refractivity contribution is 6.30. The van der Waals surface area contributed by atoms with Crippen molar-refractivity contribution < 1.29 is 14.4 Å². The summed E-state index contributed by atoms with van der Waals surface area (Å²) in [6.45, 7) is 4.71. The van der Waals surface area contributed by atoms with Crippen molar-refractivity contribution in [3.63, 3.8) is 0 Å².